The fraction of sp³-hybridized carbons (Fsp3) is 0.714. The van der Waals surface area contributed by atoms with E-state index in [2.05, 4.69) is 16.9 Å². The first-order valence-electron chi connectivity index (χ1n) is 6.86. The highest BCUT2D eigenvalue weighted by Crippen LogP contribution is 2.32. The van der Waals surface area contributed by atoms with Crippen molar-refractivity contribution < 1.29 is 0 Å². The number of hydrogen-bond acceptors (Lipinski definition) is 3. The molecule has 0 spiro atoms. The van der Waals surface area contributed by atoms with Crippen LogP contribution in [0.15, 0.2) is 5.03 Å². The predicted octanol–water partition coefficient (Wildman–Crippen LogP) is 4.67. The van der Waals surface area contributed by atoms with E-state index in [0.717, 1.165) is 35.2 Å². The molecular formula is C14H21ClN2S. The lowest BCUT2D eigenvalue weighted by Crippen LogP contribution is -2.02. The van der Waals surface area contributed by atoms with Crippen molar-refractivity contribution in [1.29, 1.82) is 0 Å². The van der Waals surface area contributed by atoms with Crippen LogP contribution < -0.4 is 0 Å². The van der Waals surface area contributed by atoms with Crippen LogP contribution in [0, 0.1) is 12.8 Å². The van der Waals surface area contributed by atoms with Gasteiger partial charge in [-0.3, -0.25) is 0 Å². The fourth-order valence-corrected chi connectivity index (χ4v) is 3.81. The predicted molar refractivity (Wildman–Crippen MR) is 78.5 cm³/mol. The molecule has 100 valence electrons. The lowest BCUT2D eigenvalue weighted by molar-refractivity contribution is 0.622. The van der Waals surface area contributed by atoms with Gasteiger partial charge in [0.2, 0.25) is 0 Å². The molecule has 1 heterocycles. The maximum absolute atomic E-state index is 6.19. The molecule has 0 unspecified atom stereocenters. The molecule has 0 N–H and O–H groups in total. The van der Waals surface area contributed by atoms with Crippen molar-refractivity contribution in [3.8, 4) is 0 Å². The molecule has 0 radical (unpaired) electrons. The molecule has 1 aliphatic carbocycles. The van der Waals surface area contributed by atoms with Crippen LogP contribution in [0.4, 0.5) is 0 Å². The Kier molecular flexibility index (Phi) is 5.31. The molecule has 0 bridgehead atoms. The molecule has 1 aromatic heterocycles. The Balaban J connectivity index is 2.05. The van der Waals surface area contributed by atoms with E-state index < -0.39 is 0 Å². The maximum Gasteiger partial charge on any atom is 0.136 e. The van der Waals surface area contributed by atoms with E-state index in [1.54, 1.807) is 0 Å². The third-order valence-electron chi connectivity index (χ3n) is 3.49. The molecule has 0 amide bonds. The van der Waals surface area contributed by atoms with Crippen molar-refractivity contribution in [1.82, 2.24) is 9.97 Å². The number of aryl methyl sites for hydroxylation is 1. The van der Waals surface area contributed by atoms with Gasteiger partial charge in [0.05, 0.1) is 0 Å². The SMILES string of the molecule is CCCc1nc(Cl)c(C)c(SCC2CCCC2)n1. The highest BCUT2D eigenvalue weighted by Gasteiger charge is 2.17. The first-order chi connectivity index (χ1) is 8.70. The van der Waals surface area contributed by atoms with Crippen molar-refractivity contribution in [3.63, 3.8) is 0 Å². The standard InChI is InChI=1S/C14H21ClN2S/c1-3-6-12-16-13(15)10(2)14(17-12)18-9-11-7-4-5-8-11/h11H,3-9H2,1-2H3. The topological polar surface area (TPSA) is 25.8 Å². The van der Waals surface area contributed by atoms with Crippen molar-refractivity contribution in [3.05, 3.63) is 16.5 Å². The molecule has 0 saturated heterocycles. The van der Waals surface area contributed by atoms with Crippen LogP contribution in [0.2, 0.25) is 5.15 Å². The average molecular weight is 285 g/mol. The zero-order valence-corrected chi connectivity index (χ0v) is 12.8. The highest BCUT2D eigenvalue weighted by molar-refractivity contribution is 7.99. The molecule has 0 aliphatic heterocycles. The first kappa shape index (κ1) is 14.1. The van der Waals surface area contributed by atoms with Crippen molar-refractivity contribution in [2.75, 3.05) is 5.75 Å². The van der Waals surface area contributed by atoms with Gasteiger partial charge in [0.1, 0.15) is 16.0 Å². The van der Waals surface area contributed by atoms with E-state index in [-0.39, 0.29) is 0 Å². The van der Waals surface area contributed by atoms with Crippen molar-refractivity contribution in [2.24, 2.45) is 5.92 Å². The summed E-state index contributed by atoms with van der Waals surface area (Å²) in [6.45, 7) is 4.16. The van der Waals surface area contributed by atoms with E-state index >= 15 is 0 Å². The smallest absolute Gasteiger partial charge is 0.136 e. The molecule has 0 aromatic carbocycles. The molecule has 1 saturated carbocycles. The number of thioether (sulfide) groups is 1. The summed E-state index contributed by atoms with van der Waals surface area (Å²) in [7, 11) is 0. The summed E-state index contributed by atoms with van der Waals surface area (Å²) in [4.78, 5) is 9.00. The fourth-order valence-electron chi connectivity index (χ4n) is 2.36. The summed E-state index contributed by atoms with van der Waals surface area (Å²) in [6.07, 6.45) is 7.54. The Morgan fingerprint density at radius 2 is 2.00 bits per heavy atom. The molecule has 1 aliphatic rings. The summed E-state index contributed by atoms with van der Waals surface area (Å²) in [5, 5.41) is 1.72. The third-order valence-corrected chi connectivity index (χ3v) is 5.17. The summed E-state index contributed by atoms with van der Waals surface area (Å²) in [6, 6.07) is 0. The zero-order valence-electron chi connectivity index (χ0n) is 11.2. The van der Waals surface area contributed by atoms with E-state index in [1.165, 1.54) is 31.4 Å². The van der Waals surface area contributed by atoms with Gasteiger partial charge in [-0.05, 0) is 32.1 Å². The van der Waals surface area contributed by atoms with E-state index in [0.29, 0.717) is 5.15 Å². The number of hydrogen-bond donors (Lipinski definition) is 0. The number of aromatic nitrogens is 2. The number of rotatable bonds is 5. The van der Waals surface area contributed by atoms with E-state index in [4.69, 9.17) is 11.6 Å². The highest BCUT2D eigenvalue weighted by atomic mass is 35.5. The van der Waals surface area contributed by atoms with Crippen molar-refractivity contribution >= 4 is 23.4 Å². The second kappa shape index (κ2) is 6.76. The van der Waals surface area contributed by atoms with Gasteiger partial charge < -0.3 is 0 Å². The monoisotopic (exact) mass is 284 g/mol. The minimum Gasteiger partial charge on any atom is -0.226 e. The van der Waals surface area contributed by atoms with Crippen LogP contribution in [-0.2, 0) is 6.42 Å². The van der Waals surface area contributed by atoms with E-state index in [9.17, 15) is 0 Å². The summed E-state index contributed by atoms with van der Waals surface area (Å²) >= 11 is 8.05. The first-order valence-corrected chi connectivity index (χ1v) is 8.23. The molecule has 18 heavy (non-hydrogen) atoms. The van der Waals surface area contributed by atoms with E-state index in [1.807, 2.05) is 18.7 Å². The van der Waals surface area contributed by atoms with Crippen LogP contribution in [0.5, 0.6) is 0 Å². The van der Waals surface area contributed by atoms with Crippen LogP contribution >= 0.6 is 23.4 Å². The summed E-state index contributed by atoms with van der Waals surface area (Å²) in [5.74, 6) is 2.94. The Morgan fingerprint density at radius 3 is 2.67 bits per heavy atom. The van der Waals surface area contributed by atoms with Gasteiger partial charge in [0.25, 0.3) is 0 Å². The Labute approximate surface area is 119 Å². The molecule has 4 heteroatoms. The van der Waals surface area contributed by atoms with Gasteiger partial charge in [-0.1, -0.05) is 31.4 Å². The average Bonchev–Trinajstić information content (AvgIpc) is 2.85. The second-order valence-corrected chi connectivity index (χ2v) is 6.44. The van der Waals surface area contributed by atoms with Gasteiger partial charge >= 0.3 is 0 Å². The van der Waals surface area contributed by atoms with Crippen LogP contribution in [0.25, 0.3) is 0 Å². The number of nitrogens with zero attached hydrogens (tertiary/aromatic N) is 2. The van der Waals surface area contributed by atoms with Crippen molar-refractivity contribution in [2.45, 2.75) is 57.4 Å². The lowest BCUT2D eigenvalue weighted by Gasteiger charge is -2.11. The maximum atomic E-state index is 6.19. The van der Waals surface area contributed by atoms with Gasteiger partial charge in [0.15, 0.2) is 0 Å². The Hall–Kier alpha value is -0.280. The molecule has 1 fully saturated rings. The van der Waals surface area contributed by atoms with Gasteiger partial charge in [0, 0.05) is 17.7 Å². The second-order valence-electron chi connectivity index (χ2n) is 5.07. The molecule has 2 rings (SSSR count). The zero-order chi connectivity index (χ0) is 13.0. The van der Waals surface area contributed by atoms with Crippen LogP contribution in [0.1, 0.15) is 50.4 Å². The Morgan fingerprint density at radius 1 is 1.28 bits per heavy atom. The normalized spacial score (nSPS) is 16.4. The Bertz CT molecular complexity index is 403. The largest absolute Gasteiger partial charge is 0.226 e. The van der Waals surface area contributed by atoms with Crippen LogP contribution in [-0.4, -0.2) is 15.7 Å². The van der Waals surface area contributed by atoms with Crippen LogP contribution in [0.3, 0.4) is 0 Å². The quantitative estimate of drug-likeness (QED) is 0.580. The van der Waals surface area contributed by atoms with Gasteiger partial charge in [-0.2, -0.15) is 0 Å². The molecule has 2 nitrogen and oxygen atoms in total. The molecule has 0 atom stereocenters. The van der Waals surface area contributed by atoms with Gasteiger partial charge in [-0.15, -0.1) is 11.8 Å². The summed E-state index contributed by atoms with van der Waals surface area (Å²) in [5.41, 5.74) is 1.04. The molecule has 1 aromatic rings. The molecular weight excluding hydrogens is 264 g/mol. The third kappa shape index (κ3) is 3.61. The summed E-state index contributed by atoms with van der Waals surface area (Å²) < 4.78 is 0. The lowest BCUT2D eigenvalue weighted by atomic mass is 10.1. The minimum atomic E-state index is 0.627. The minimum absolute atomic E-state index is 0.627. The van der Waals surface area contributed by atoms with Gasteiger partial charge in [-0.25, -0.2) is 9.97 Å². The number of halogens is 1.